The van der Waals surface area contributed by atoms with E-state index in [9.17, 15) is 4.79 Å². The summed E-state index contributed by atoms with van der Waals surface area (Å²) >= 11 is 0. The van der Waals surface area contributed by atoms with Crippen molar-refractivity contribution in [3.05, 3.63) is 36.5 Å². The van der Waals surface area contributed by atoms with E-state index in [0.717, 1.165) is 79.9 Å². The summed E-state index contributed by atoms with van der Waals surface area (Å²) in [7, 11) is 0. The third-order valence-corrected chi connectivity index (χ3v) is 6.94. The monoisotopic (exact) mass is 449 g/mol. The van der Waals surface area contributed by atoms with Crippen molar-refractivity contribution >= 4 is 28.5 Å². The number of imidazole rings is 1. The molecule has 2 aromatic heterocycles. The van der Waals surface area contributed by atoms with Crippen molar-refractivity contribution in [2.24, 2.45) is 5.92 Å². The Morgan fingerprint density at radius 2 is 1.85 bits per heavy atom. The number of aromatic amines is 1. The van der Waals surface area contributed by atoms with Gasteiger partial charge in [0, 0.05) is 37.0 Å². The number of fused-ring (bicyclic) bond motifs is 1. The molecular formula is C25H31N5O3. The molecule has 1 saturated carbocycles. The number of carboxylic acid groups (broad SMARTS) is 1. The quantitative estimate of drug-likeness (QED) is 0.482. The van der Waals surface area contributed by atoms with Crippen LogP contribution in [0.4, 0.5) is 11.5 Å². The average molecular weight is 450 g/mol. The van der Waals surface area contributed by atoms with Crippen LogP contribution < -0.4 is 10.6 Å². The SMILES string of the molecule is Nc1ccc2nc(-c3ccc(N4CCC(OC5CCC(CC(=O)O)CC5)CC4)nc3)[nH]c2c1. The fourth-order valence-electron chi connectivity index (χ4n) is 5.09. The van der Waals surface area contributed by atoms with Crippen LogP contribution in [0.2, 0.25) is 0 Å². The van der Waals surface area contributed by atoms with Gasteiger partial charge in [-0.3, -0.25) is 4.79 Å². The maximum absolute atomic E-state index is 10.9. The van der Waals surface area contributed by atoms with Crippen LogP contribution in [0.5, 0.6) is 0 Å². The highest BCUT2D eigenvalue weighted by Gasteiger charge is 2.28. The van der Waals surface area contributed by atoms with Gasteiger partial charge in [0.2, 0.25) is 0 Å². The third kappa shape index (κ3) is 5.11. The van der Waals surface area contributed by atoms with Gasteiger partial charge in [-0.25, -0.2) is 9.97 Å². The van der Waals surface area contributed by atoms with Gasteiger partial charge in [0.1, 0.15) is 11.6 Å². The zero-order chi connectivity index (χ0) is 22.8. The molecule has 1 aliphatic carbocycles. The number of aliphatic carboxylic acids is 1. The number of nitrogens with one attached hydrogen (secondary N) is 1. The second kappa shape index (κ2) is 9.39. The molecule has 174 valence electrons. The summed E-state index contributed by atoms with van der Waals surface area (Å²) in [4.78, 5) is 25.9. The molecule has 1 aromatic carbocycles. The molecule has 3 heterocycles. The Morgan fingerprint density at radius 1 is 1.09 bits per heavy atom. The number of pyridine rings is 1. The molecule has 1 aliphatic heterocycles. The Hall–Kier alpha value is -3.13. The predicted octanol–water partition coefficient (Wildman–Crippen LogP) is 4.23. The lowest BCUT2D eigenvalue weighted by molar-refractivity contribution is -0.138. The maximum atomic E-state index is 10.9. The zero-order valence-corrected chi connectivity index (χ0v) is 18.7. The predicted molar refractivity (Wildman–Crippen MR) is 128 cm³/mol. The van der Waals surface area contributed by atoms with Gasteiger partial charge in [0.25, 0.3) is 0 Å². The van der Waals surface area contributed by atoms with Crippen LogP contribution in [0.25, 0.3) is 22.4 Å². The van der Waals surface area contributed by atoms with E-state index >= 15 is 0 Å². The van der Waals surface area contributed by atoms with E-state index in [2.05, 4.69) is 27.0 Å². The van der Waals surface area contributed by atoms with Gasteiger partial charge >= 0.3 is 5.97 Å². The van der Waals surface area contributed by atoms with E-state index in [-0.39, 0.29) is 12.2 Å². The van der Waals surface area contributed by atoms with Crippen molar-refractivity contribution in [3.63, 3.8) is 0 Å². The summed E-state index contributed by atoms with van der Waals surface area (Å²) in [6, 6.07) is 9.78. The van der Waals surface area contributed by atoms with Crippen LogP contribution in [-0.2, 0) is 9.53 Å². The minimum absolute atomic E-state index is 0.281. The minimum atomic E-state index is -0.684. The van der Waals surface area contributed by atoms with Crippen LogP contribution in [0.1, 0.15) is 44.9 Å². The molecule has 4 N–H and O–H groups in total. The first-order valence-corrected chi connectivity index (χ1v) is 11.9. The summed E-state index contributed by atoms with van der Waals surface area (Å²) < 4.78 is 6.37. The molecule has 3 aromatic rings. The number of ether oxygens (including phenoxy) is 1. The largest absolute Gasteiger partial charge is 0.481 e. The Labute approximate surface area is 193 Å². The highest BCUT2D eigenvalue weighted by atomic mass is 16.5. The van der Waals surface area contributed by atoms with Crippen LogP contribution in [-0.4, -0.2) is 51.3 Å². The van der Waals surface area contributed by atoms with Crippen molar-refractivity contribution in [1.82, 2.24) is 15.0 Å². The van der Waals surface area contributed by atoms with E-state index in [1.54, 1.807) is 0 Å². The van der Waals surface area contributed by atoms with Gasteiger partial charge in [-0.15, -0.1) is 0 Å². The van der Waals surface area contributed by atoms with Gasteiger partial charge in [-0.1, -0.05) is 0 Å². The van der Waals surface area contributed by atoms with Crippen LogP contribution in [0.15, 0.2) is 36.5 Å². The molecule has 0 spiro atoms. The molecule has 0 unspecified atom stereocenters. The standard InChI is InChI=1S/C25H31N5O3/c26-18-4-7-21-22(14-18)29-25(28-21)17-3-8-23(27-15-17)30-11-9-20(10-12-30)33-19-5-1-16(2-6-19)13-24(31)32/h3-4,7-8,14-16,19-20H,1-2,5-6,9-13,26H2,(H,28,29)(H,31,32). The van der Waals surface area contributed by atoms with Gasteiger partial charge in [0.15, 0.2) is 0 Å². The summed E-state index contributed by atoms with van der Waals surface area (Å²) in [5, 5.41) is 8.97. The number of anilines is 2. The van der Waals surface area contributed by atoms with E-state index in [1.165, 1.54) is 0 Å². The van der Waals surface area contributed by atoms with Crippen molar-refractivity contribution in [2.75, 3.05) is 23.7 Å². The normalized spacial score (nSPS) is 22.0. The zero-order valence-electron chi connectivity index (χ0n) is 18.7. The smallest absolute Gasteiger partial charge is 0.303 e. The maximum Gasteiger partial charge on any atom is 0.303 e. The molecule has 0 bridgehead atoms. The lowest BCUT2D eigenvalue weighted by Gasteiger charge is -2.36. The van der Waals surface area contributed by atoms with E-state index in [4.69, 9.17) is 20.6 Å². The molecule has 8 nitrogen and oxygen atoms in total. The molecule has 0 atom stereocenters. The number of nitrogens with two attached hydrogens (primary N) is 1. The van der Waals surface area contributed by atoms with Gasteiger partial charge < -0.3 is 25.5 Å². The molecular weight excluding hydrogens is 418 g/mol. The Bertz CT molecular complexity index is 1100. The first-order valence-electron chi connectivity index (χ1n) is 11.9. The number of carbonyl (C=O) groups is 1. The lowest BCUT2D eigenvalue weighted by atomic mass is 9.85. The number of hydrogen-bond acceptors (Lipinski definition) is 6. The van der Waals surface area contributed by atoms with Crippen LogP contribution >= 0.6 is 0 Å². The Balaban J connectivity index is 1.12. The first-order chi connectivity index (χ1) is 16.0. The summed E-state index contributed by atoms with van der Waals surface area (Å²) in [6.07, 6.45) is 8.59. The highest BCUT2D eigenvalue weighted by molar-refractivity contribution is 5.82. The number of nitrogen functional groups attached to an aromatic ring is 1. The van der Waals surface area contributed by atoms with Crippen molar-refractivity contribution in [3.8, 4) is 11.4 Å². The average Bonchev–Trinajstić information content (AvgIpc) is 3.24. The molecule has 2 aliphatic rings. The van der Waals surface area contributed by atoms with Crippen LogP contribution in [0, 0.1) is 5.92 Å². The third-order valence-electron chi connectivity index (χ3n) is 6.94. The molecule has 0 amide bonds. The first kappa shape index (κ1) is 21.7. The van der Waals surface area contributed by atoms with E-state index in [0.29, 0.717) is 18.0 Å². The van der Waals surface area contributed by atoms with Crippen LogP contribution in [0.3, 0.4) is 0 Å². The number of carboxylic acids is 1. The number of H-pyrrole nitrogens is 1. The van der Waals surface area contributed by atoms with Crippen molar-refractivity contribution in [2.45, 2.75) is 57.2 Å². The second-order valence-corrected chi connectivity index (χ2v) is 9.33. The number of benzene rings is 1. The topological polar surface area (TPSA) is 117 Å². The Kier molecular flexibility index (Phi) is 6.17. The van der Waals surface area contributed by atoms with E-state index in [1.807, 2.05) is 24.4 Å². The van der Waals surface area contributed by atoms with Gasteiger partial charge in [-0.2, -0.15) is 0 Å². The lowest BCUT2D eigenvalue weighted by Crippen LogP contribution is -2.39. The molecule has 33 heavy (non-hydrogen) atoms. The number of rotatable bonds is 6. The fraction of sp³-hybridized carbons (Fsp3) is 0.480. The van der Waals surface area contributed by atoms with Crippen molar-refractivity contribution in [1.29, 1.82) is 0 Å². The summed E-state index contributed by atoms with van der Waals surface area (Å²) in [6.45, 7) is 1.85. The minimum Gasteiger partial charge on any atom is -0.481 e. The van der Waals surface area contributed by atoms with Gasteiger partial charge in [0.05, 0.1) is 23.2 Å². The van der Waals surface area contributed by atoms with Gasteiger partial charge in [-0.05, 0) is 74.8 Å². The molecule has 5 rings (SSSR count). The number of aromatic nitrogens is 3. The number of piperidine rings is 1. The fourth-order valence-corrected chi connectivity index (χ4v) is 5.09. The second-order valence-electron chi connectivity index (χ2n) is 9.33. The summed E-state index contributed by atoms with van der Waals surface area (Å²) in [5.41, 5.74) is 9.34. The number of hydrogen-bond donors (Lipinski definition) is 3. The molecule has 2 fully saturated rings. The summed E-state index contributed by atoms with van der Waals surface area (Å²) in [5.74, 6) is 1.40. The Morgan fingerprint density at radius 3 is 2.55 bits per heavy atom. The number of nitrogens with zero attached hydrogens (tertiary/aromatic N) is 3. The molecule has 0 radical (unpaired) electrons. The molecule has 1 saturated heterocycles. The molecule has 8 heteroatoms. The highest BCUT2D eigenvalue weighted by Crippen LogP contribution is 2.31. The van der Waals surface area contributed by atoms with Crippen molar-refractivity contribution < 1.29 is 14.6 Å². The van der Waals surface area contributed by atoms with E-state index < -0.39 is 5.97 Å².